The Morgan fingerprint density at radius 1 is 1.32 bits per heavy atom. The largest absolute Gasteiger partial charge is 0.380 e. The number of nitrogens with zero attached hydrogens (tertiary/aromatic N) is 2. The van der Waals surface area contributed by atoms with Crippen LogP contribution in [0, 0.1) is 18.8 Å². The summed E-state index contributed by atoms with van der Waals surface area (Å²) >= 11 is 0. The van der Waals surface area contributed by atoms with Gasteiger partial charge in [-0.2, -0.15) is 0 Å². The van der Waals surface area contributed by atoms with Crippen LogP contribution in [0.25, 0.3) is 0 Å². The van der Waals surface area contributed by atoms with Crippen LogP contribution in [-0.4, -0.2) is 36.2 Å². The van der Waals surface area contributed by atoms with Crippen molar-refractivity contribution in [1.82, 2.24) is 9.88 Å². The van der Waals surface area contributed by atoms with Gasteiger partial charge < -0.3 is 4.74 Å². The molecule has 0 bridgehead atoms. The van der Waals surface area contributed by atoms with Crippen molar-refractivity contribution in [3.63, 3.8) is 0 Å². The summed E-state index contributed by atoms with van der Waals surface area (Å²) < 4.78 is 5.79. The molecular formula is C16H24N2O. The lowest BCUT2D eigenvalue weighted by Crippen LogP contribution is -2.35. The van der Waals surface area contributed by atoms with Gasteiger partial charge in [-0.15, -0.1) is 0 Å². The number of rotatable bonds is 3. The van der Waals surface area contributed by atoms with E-state index in [2.05, 4.69) is 28.9 Å². The number of ether oxygens (including phenoxy) is 1. The number of hydrogen-bond donors (Lipinski definition) is 0. The first kappa shape index (κ1) is 13.1. The zero-order chi connectivity index (χ0) is 13.1. The van der Waals surface area contributed by atoms with Gasteiger partial charge in [0.2, 0.25) is 0 Å². The van der Waals surface area contributed by atoms with E-state index in [1.54, 1.807) is 0 Å². The van der Waals surface area contributed by atoms with E-state index in [1.165, 1.54) is 37.1 Å². The molecular weight excluding hydrogens is 236 g/mol. The predicted octanol–water partition coefficient (Wildman–Crippen LogP) is 2.64. The van der Waals surface area contributed by atoms with Crippen LogP contribution in [-0.2, 0) is 11.3 Å². The molecule has 104 valence electrons. The molecule has 0 spiro atoms. The summed E-state index contributed by atoms with van der Waals surface area (Å²) in [5, 5.41) is 0. The van der Waals surface area contributed by atoms with Crippen molar-refractivity contribution in [1.29, 1.82) is 0 Å². The fourth-order valence-electron chi connectivity index (χ4n) is 3.07. The lowest BCUT2D eigenvalue weighted by molar-refractivity contribution is 0.0769. The first-order valence-corrected chi connectivity index (χ1v) is 7.53. The number of aromatic nitrogens is 1. The van der Waals surface area contributed by atoms with Gasteiger partial charge in [-0.3, -0.25) is 9.88 Å². The van der Waals surface area contributed by atoms with Gasteiger partial charge in [-0.1, -0.05) is 25.3 Å². The highest BCUT2D eigenvalue weighted by atomic mass is 16.5. The van der Waals surface area contributed by atoms with Gasteiger partial charge in [0, 0.05) is 25.8 Å². The molecule has 2 heterocycles. The van der Waals surface area contributed by atoms with Gasteiger partial charge in [0.05, 0.1) is 18.9 Å². The maximum Gasteiger partial charge on any atom is 0.0593 e. The summed E-state index contributed by atoms with van der Waals surface area (Å²) in [6.45, 7) is 7.10. The third-order valence-electron chi connectivity index (χ3n) is 4.55. The molecule has 1 aliphatic heterocycles. The molecule has 2 aliphatic rings. The number of pyridine rings is 1. The Kier molecular flexibility index (Phi) is 4.14. The molecule has 1 aromatic rings. The zero-order valence-electron chi connectivity index (χ0n) is 11.8. The van der Waals surface area contributed by atoms with Crippen LogP contribution in [0.5, 0.6) is 0 Å². The van der Waals surface area contributed by atoms with Gasteiger partial charge in [0.25, 0.3) is 0 Å². The Morgan fingerprint density at radius 2 is 2.21 bits per heavy atom. The molecule has 3 nitrogen and oxygen atoms in total. The van der Waals surface area contributed by atoms with Gasteiger partial charge in [-0.05, 0) is 30.4 Å². The van der Waals surface area contributed by atoms with E-state index in [0.717, 1.165) is 38.1 Å². The highest BCUT2D eigenvalue weighted by molar-refractivity contribution is 5.12. The molecule has 1 saturated carbocycles. The van der Waals surface area contributed by atoms with Crippen LogP contribution < -0.4 is 0 Å². The van der Waals surface area contributed by atoms with Gasteiger partial charge >= 0.3 is 0 Å². The van der Waals surface area contributed by atoms with Crippen molar-refractivity contribution < 1.29 is 4.74 Å². The normalized spacial score (nSPS) is 25.8. The summed E-state index contributed by atoms with van der Waals surface area (Å²) in [5.41, 5.74) is 2.41. The summed E-state index contributed by atoms with van der Waals surface area (Å²) in [6, 6.07) is 4.31. The zero-order valence-corrected chi connectivity index (χ0v) is 11.8. The molecule has 1 aromatic heterocycles. The third kappa shape index (κ3) is 3.34. The third-order valence-corrected chi connectivity index (χ3v) is 4.55. The lowest BCUT2D eigenvalue weighted by Gasteiger charge is -2.34. The molecule has 0 N–H and O–H groups in total. The van der Waals surface area contributed by atoms with Crippen LogP contribution in [0.2, 0.25) is 0 Å². The minimum absolute atomic E-state index is 0.738. The molecule has 1 saturated heterocycles. The molecule has 2 fully saturated rings. The van der Waals surface area contributed by atoms with Crippen LogP contribution in [0.15, 0.2) is 18.3 Å². The average molecular weight is 260 g/mol. The summed E-state index contributed by atoms with van der Waals surface area (Å²) in [6.07, 6.45) is 6.20. The number of aryl methyl sites for hydroxylation is 1. The second-order valence-electron chi connectivity index (χ2n) is 6.09. The van der Waals surface area contributed by atoms with Gasteiger partial charge in [0.15, 0.2) is 0 Å². The second kappa shape index (κ2) is 6.02. The highest BCUT2D eigenvalue weighted by Gasteiger charge is 2.30. The van der Waals surface area contributed by atoms with Crippen LogP contribution in [0.3, 0.4) is 0 Å². The Hall–Kier alpha value is -0.930. The minimum atomic E-state index is 0.738. The topological polar surface area (TPSA) is 25.4 Å². The van der Waals surface area contributed by atoms with E-state index >= 15 is 0 Å². The van der Waals surface area contributed by atoms with E-state index in [0.29, 0.717) is 0 Å². The quantitative estimate of drug-likeness (QED) is 0.835. The van der Waals surface area contributed by atoms with Crippen molar-refractivity contribution in [2.24, 2.45) is 11.8 Å². The van der Waals surface area contributed by atoms with Crippen LogP contribution in [0.4, 0.5) is 0 Å². The summed E-state index contributed by atoms with van der Waals surface area (Å²) in [4.78, 5) is 7.05. The van der Waals surface area contributed by atoms with E-state index in [4.69, 9.17) is 4.74 Å². The molecule has 0 unspecified atom stereocenters. The van der Waals surface area contributed by atoms with Crippen molar-refractivity contribution in [2.45, 2.75) is 32.7 Å². The van der Waals surface area contributed by atoms with Crippen molar-refractivity contribution in [3.05, 3.63) is 29.6 Å². The standard InChI is InChI=1S/C16H24N2O/c1-13-5-6-16(17-9-13)11-18-7-8-19-12-15(10-18)14-3-2-4-14/h5-6,9,14-15H,2-4,7-8,10-12H2,1H3/t15-/m0/s1. The fourth-order valence-corrected chi connectivity index (χ4v) is 3.07. The highest BCUT2D eigenvalue weighted by Crippen LogP contribution is 2.34. The summed E-state index contributed by atoms with van der Waals surface area (Å²) in [5.74, 6) is 1.65. The molecule has 0 aromatic carbocycles. The van der Waals surface area contributed by atoms with Crippen LogP contribution in [0.1, 0.15) is 30.5 Å². The van der Waals surface area contributed by atoms with Gasteiger partial charge in [0.1, 0.15) is 0 Å². The van der Waals surface area contributed by atoms with Crippen molar-refractivity contribution in [3.8, 4) is 0 Å². The molecule has 0 radical (unpaired) electrons. The lowest BCUT2D eigenvalue weighted by atomic mass is 9.76. The van der Waals surface area contributed by atoms with Crippen LogP contribution >= 0.6 is 0 Å². The molecule has 3 heteroatoms. The first-order valence-electron chi connectivity index (χ1n) is 7.53. The fraction of sp³-hybridized carbons (Fsp3) is 0.688. The second-order valence-corrected chi connectivity index (χ2v) is 6.09. The van der Waals surface area contributed by atoms with E-state index in [9.17, 15) is 0 Å². The van der Waals surface area contributed by atoms with Crippen molar-refractivity contribution in [2.75, 3.05) is 26.3 Å². The molecule has 0 amide bonds. The van der Waals surface area contributed by atoms with Crippen molar-refractivity contribution >= 4 is 0 Å². The van der Waals surface area contributed by atoms with E-state index < -0.39 is 0 Å². The molecule has 1 atom stereocenters. The Labute approximate surface area is 116 Å². The maximum absolute atomic E-state index is 5.79. The first-order chi connectivity index (χ1) is 9.31. The van der Waals surface area contributed by atoms with E-state index in [-0.39, 0.29) is 0 Å². The minimum Gasteiger partial charge on any atom is -0.380 e. The summed E-state index contributed by atoms with van der Waals surface area (Å²) in [7, 11) is 0. The maximum atomic E-state index is 5.79. The average Bonchev–Trinajstić information content (AvgIpc) is 2.56. The molecule has 19 heavy (non-hydrogen) atoms. The van der Waals surface area contributed by atoms with Gasteiger partial charge in [-0.25, -0.2) is 0 Å². The Balaban J connectivity index is 1.60. The SMILES string of the molecule is Cc1ccc(CN2CCOC[C@@H](C3CCC3)C2)nc1. The Bertz CT molecular complexity index is 400. The Morgan fingerprint density at radius 3 is 2.89 bits per heavy atom. The molecule has 1 aliphatic carbocycles. The monoisotopic (exact) mass is 260 g/mol. The van der Waals surface area contributed by atoms with E-state index in [1.807, 2.05) is 6.20 Å². The smallest absolute Gasteiger partial charge is 0.0593 e. The molecule has 3 rings (SSSR count). The number of hydrogen-bond acceptors (Lipinski definition) is 3. The predicted molar refractivity (Wildman–Crippen MR) is 75.9 cm³/mol.